The highest BCUT2D eigenvalue weighted by Gasteiger charge is 2.48. The SMILES string of the molecule is CCCOc1ccc(C(O)=C2C(=O)C(=O)N(c3cc(C)on3)C2c2cccs2)cc1. The number of aliphatic hydroxyl groups excluding tert-OH is 1. The summed E-state index contributed by atoms with van der Waals surface area (Å²) in [5.74, 6) is -0.350. The van der Waals surface area contributed by atoms with Gasteiger partial charge in [0.05, 0.1) is 12.2 Å². The van der Waals surface area contributed by atoms with Crippen molar-refractivity contribution < 1.29 is 24.0 Å². The van der Waals surface area contributed by atoms with Gasteiger partial charge >= 0.3 is 5.91 Å². The molecule has 30 heavy (non-hydrogen) atoms. The summed E-state index contributed by atoms with van der Waals surface area (Å²) in [5, 5.41) is 16.8. The molecule has 1 fully saturated rings. The van der Waals surface area contributed by atoms with Gasteiger partial charge in [0, 0.05) is 16.5 Å². The fourth-order valence-electron chi connectivity index (χ4n) is 3.34. The van der Waals surface area contributed by atoms with E-state index in [0.717, 1.165) is 11.3 Å². The minimum Gasteiger partial charge on any atom is -0.507 e. The maximum Gasteiger partial charge on any atom is 0.301 e. The van der Waals surface area contributed by atoms with Crippen LogP contribution in [-0.2, 0) is 9.59 Å². The molecule has 1 aromatic carbocycles. The molecule has 1 amide bonds. The van der Waals surface area contributed by atoms with Crippen LogP contribution in [0.15, 0.2) is 57.9 Å². The minimum atomic E-state index is -0.787. The second kappa shape index (κ2) is 8.16. The van der Waals surface area contributed by atoms with Crippen molar-refractivity contribution in [2.45, 2.75) is 26.3 Å². The zero-order chi connectivity index (χ0) is 21.3. The average molecular weight is 424 g/mol. The quantitative estimate of drug-likeness (QED) is 0.357. The van der Waals surface area contributed by atoms with Crippen LogP contribution in [0.4, 0.5) is 5.82 Å². The van der Waals surface area contributed by atoms with Crippen molar-refractivity contribution >= 4 is 34.6 Å². The highest BCUT2D eigenvalue weighted by atomic mass is 32.1. The van der Waals surface area contributed by atoms with Gasteiger partial charge in [-0.3, -0.25) is 14.5 Å². The number of Topliss-reactive ketones (excluding diaryl/α,β-unsaturated/α-hetero) is 1. The maximum atomic E-state index is 12.9. The molecule has 1 N–H and O–H groups in total. The van der Waals surface area contributed by atoms with Crippen LogP contribution in [0.1, 0.15) is 35.6 Å². The number of hydrogen-bond donors (Lipinski definition) is 1. The Morgan fingerprint density at radius 2 is 2.03 bits per heavy atom. The van der Waals surface area contributed by atoms with E-state index in [2.05, 4.69) is 5.16 Å². The number of rotatable bonds is 6. The third kappa shape index (κ3) is 3.50. The van der Waals surface area contributed by atoms with Crippen molar-refractivity contribution in [1.29, 1.82) is 0 Å². The number of aliphatic hydroxyl groups is 1. The van der Waals surface area contributed by atoms with Crippen LogP contribution in [0.3, 0.4) is 0 Å². The van der Waals surface area contributed by atoms with E-state index in [1.807, 2.05) is 24.4 Å². The van der Waals surface area contributed by atoms with Crippen molar-refractivity contribution in [3.8, 4) is 5.75 Å². The van der Waals surface area contributed by atoms with Gasteiger partial charge in [0.1, 0.15) is 23.3 Å². The summed E-state index contributed by atoms with van der Waals surface area (Å²) in [7, 11) is 0. The third-order valence-corrected chi connectivity index (χ3v) is 5.64. The number of ketones is 1. The topological polar surface area (TPSA) is 92.9 Å². The van der Waals surface area contributed by atoms with E-state index in [9.17, 15) is 14.7 Å². The molecular weight excluding hydrogens is 404 g/mol. The molecular formula is C22H20N2O5S. The van der Waals surface area contributed by atoms with Gasteiger partial charge in [-0.05, 0) is 49.1 Å². The monoisotopic (exact) mass is 424 g/mol. The molecule has 0 aliphatic carbocycles. The molecule has 1 aliphatic heterocycles. The maximum absolute atomic E-state index is 12.9. The van der Waals surface area contributed by atoms with Gasteiger partial charge in [-0.15, -0.1) is 11.3 Å². The fraction of sp³-hybridized carbons (Fsp3) is 0.227. The van der Waals surface area contributed by atoms with Crippen LogP contribution in [0.25, 0.3) is 5.76 Å². The first-order valence-electron chi connectivity index (χ1n) is 9.52. The molecule has 2 aromatic heterocycles. The number of aryl methyl sites for hydroxylation is 1. The van der Waals surface area contributed by atoms with Crippen LogP contribution in [0.5, 0.6) is 5.75 Å². The largest absolute Gasteiger partial charge is 0.507 e. The second-order valence-electron chi connectivity index (χ2n) is 6.85. The summed E-state index contributed by atoms with van der Waals surface area (Å²) in [5.41, 5.74) is 0.445. The predicted octanol–water partition coefficient (Wildman–Crippen LogP) is 4.46. The number of thiophene rings is 1. The Morgan fingerprint density at radius 1 is 1.27 bits per heavy atom. The lowest BCUT2D eigenvalue weighted by molar-refractivity contribution is -0.132. The fourth-order valence-corrected chi connectivity index (χ4v) is 4.16. The molecule has 1 aliphatic rings. The number of amides is 1. The van der Waals surface area contributed by atoms with Crippen LogP contribution in [0, 0.1) is 6.92 Å². The van der Waals surface area contributed by atoms with Crippen molar-refractivity contribution in [3.63, 3.8) is 0 Å². The molecule has 154 valence electrons. The highest BCUT2D eigenvalue weighted by molar-refractivity contribution is 7.10. The Kier molecular flexibility index (Phi) is 5.41. The highest BCUT2D eigenvalue weighted by Crippen LogP contribution is 2.43. The Morgan fingerprint density at radius 3 is 2.63 bits per heavy atom. The summed E-state index contributed by atoms with van der Waals surface area (Å²) >= 11 is 1.39. The van der Waals surface area contributed by atoms with Crippen molar-refractivity contribution in [1.82, 2.24) is 5.16 Å². The second-order valence-corrected chi connectivity index (χ2v) is 7.83. The summed E-state index contributed by atoms with van der Waals surface area (Å²) in [4.78, 5) is 27.8. The van der Waals surface area contributed by atoms with Crippen molar-refractivity contribution in [2.75, 3.05) is 11.5 Å². The molecule has 1 unspecified atom stereocenters. The smallest absolute Gasteiger partial charge is 0.301 e. The Bertz CT molecular complexity index is 1100. The summed E-state index contributed by atoms with van der Waals surface area (Å²) in [6, 6.07) is 11.2. The molecule has 8 heteroatoms. The standard InChI is InChI=1S/C22H20N2O5S/c1-3-10-28-15-8-6-14(7-9-15)20(25)18-19(16-5-4-11-30-16)24(22(27)21(18)26)17-12-13(2)29-23-17/h4-9,11-12,19,25H,3,10H2,1-2H3. The lowest BCUT2D eigenvalue weighted by Gasteiger charge is -2.21. The van der Waals surface area contributed by atoms with E-state index in [-0.39, 0.29) is 17.2 Å². The number of benzene rings is 1. The normalized spacial score (nSPS) is 18.2. The summed E-state index contributed by atoms with van der Waals surface area (Å²) in [6.07, 6.45) is 0.882. The number of nitrogens with zero attached hydrogens (tertiary/aromatic N) is 2. The van der Waals surface area contributed by atoms with Gasteiger partial charge in [-0.2, -0.15) is 0 Å². The van der Waals surface area contributed by atoms with Gasteiger partial charge in [0.15, 0.2) is 5.82 Å². The van der Waals surface area contributed by atoms with E-state index in [0.29, 0.717) is 23.7 Å². The van der Waals surface area contributed by atoms with Gasteiger partial charge in [0.2, 0.25) is 0 Å². The zero-order valence-corrected chi connectivity index (χ0v) is 17.3. The van der Waals surface area contributed by atoms with Crippen molar-refractivity contribution in [3.05, 3.63) is 69.6 Å². The molecule has 0 bridgehead atoms. The minimum absolute atomic E-state index is 0.0188. The predicted molar refractivity (Wildman–Crippen MR) is 113 cm³/mol. The first kappa shape index (κ1) is 19.9. The molecule has 0 radical (unpaired) electrons. The van der Waals surface area contributed by atoms with Crippen LogP contribution in [-0.4, -0.2) is 28.6 Å². The lowest BCUT2D eigenvalue weighted by Crippen LogP contribution is -2.29. The summed E-state index contributed by atoms with van der Waals surface area (Å²) in [6.45, 7) is 4.31. The first-order valence-corrected chi connectivity index (χ1v) is 10.4. The molecule has 3 aromatic rings. The van der Waals surface area contributed by atoms with Gasteiger partial charge < -0.3 is 14.4 Å². The number of anilines is 1. The van der Waals surface area contributed by atoms with E-state index < -0.39 is 17.7 Å². The number of aromatic nitrogens is 1. The van der Waals surface area contributed by atoms with E-state index in [1.165, 1.54) is 16.2 Å². The Labute approximate surface area is 177 Å². The zero-order valence-electron chi connectivity index (χ0n) is 16.5. The molecule has 1 saturated heterocycles. The first-order chi connectivity index (χ1) is 14.5. The summed E-state index contributed by atoms with van der Waals surface area (Å²) < 4.78 is 10.7. The van der Waals surface area contributed by atoms with Crippen LogP contribution >= 0.6 is 11.3 Å². The lowest BCUT2D eigenvalue weighted by atomic mass is 10.00. The van der Waals surface area contributed by atoms with Crippen LogP contribution < -0.4 is 9.64 Å². The number of hydrogen-bond acceptors (Lipinski definition) is 7. The number of carbonyl (C=O) groups excluding carboxylic acids is 2. The van der Waals surface area contributed by atoms with Crippen LogP contribution in [0.2, 0.25) is 0 Å². The Balaban J connectivity index is 1.80. The van der Waals surface area contributed by atoms with E-state index in [4.69, 9.17) is 9.26 Å². The molecule has 7 nitrogen and oxygen atoms in total. The molecule has 1 atom stereocenters. The molecule has 4 rings (SSSR count). The number of ether oxygens (including phenoxy) is 1. The molecule has 0 saturated carbocycles. The molecule has 0 spiro atoms. The Hall–Kier alpha value is -3.39. The third-order valence-electron chi connectivity index (χ3n) is 4.72. The number of carbonyl (C=O) groups is 2. The average Bonchev–Trinajstić information content (AvgIpc) is 3.47. The molecule has 3 heterocycles. The van der Waals surface area contributed by atoms with Gasteiger partial charge in [-0.25, -0.2) is 0 Å². The van der Waals surface area contributed by atoms with E-state index >= 15 is 0 Å². The van der Waals surface area contributed by atoms with Gasteiger partial charge in [0.25, 0.3) is 5.78 Å². The van der Waals surface area contributed by atoms with Crippen molar-refractivity contribution in [2.24, 2.45) is 0 Å². The van der Waals surface area contributed by atoms with E-state index in [1.54, 1.807) is 37.3 Å². The van der Waals surface area contributed by atoms with Gasteiger partial charge in [-0.1, -0.05) is 18.1 Å².